The summed E-state index contributed by atoms with van der Waals surface area (Å²) in [6.45, 7) is 3.30. The maximum absolute atomic E-state index is 11.8. The fourth-order valence-electron chi connectivity index (χ4n) is 3.33. The average Bonchev–Trinajstić information content (AvgIpc) is 2.35. The van der Waals surface area contributed by atoms with Crippen molar-refractivity contribution in [1.29, 1.82) is 0 Å². The van der Waals surface area contributed by atoms with Gasteiger partial charge in [-0.15, -0.1) is 0 Å². The molecule has 2 aliphatic heterocycles. The number of piperidine rings is 2. The molecule has 1 N–H and O–H groups in total. The first-order valence-corrected chi connectivity index (χ1v) is 7.31. The minimum absolute atomic E-state index is 0.210. The zero-order valence-corrected chi connectivity index (χ0v) is 12.0. The summed E-state index contributed by atoms with van der Waals surface area (Å²) in [5, 5.41) is 3.47. The molecule has 2 atom stereocenters. The van der Waals surface area contributed by atoms with E-state index in [1.165, 1.54) is 32.1 Å². The van der Waals surface area contributed by atoms with Crippen LogP contribution in [0.3, 0.4) is 0 Å². The van der Waals surface area contributed by atoms with Gasteiger partial charge in [0.1, 0.15) is 0 Å². The number of carbonyl (C=O) groups excluding carboxylic acids is 1. The Kier molecular flexibility index (Phi) is 4.62. The molecular weight excluding hydrogens is 226 g/mol. The first-order valence-electron chi connectivity index (χ1n) is 7.31. The molecule has 0 aromatic rings. The van der Waals surface area contributed by atoms with Crippen LogP contribution in [0.1, 0.15) is 39.0 Å². The summed E-state index contributed by atoms with van der Waals surface area (Å²) >= 11 is 0. The van der Waals surface area contributed by atoms with Gasteiger partial charge in [0.15, 0.2) is 0 Å². The van der Waals surface area contributed by atoms with Crippen LogP contribution in [0.25, 0.3) is 0 Å². The van der Waals surface area contributed by atoms with E-state index in [0.29, 0.717) is 12.6 Å². The molecule has 2 fully saturated rings. The molecule has 0 saturated carbocycles. The van der Waals surface area contributed by atoms with Crippen LogP contribution in [-0.2, 0) is 4.79 Å². The van der Waals surface area contributed by atoms with Crippen molar-refractivity contribution >= 4 is 5.91 Å². The maximum atomic E-state index is 11.8. The van der Waals surface area contributed by atoms with E-state index < -0.39 is 0 Å². The fraction of sp³-hybridized carbons (Fsp3) is 0.929. The molecule has 2 aliphatic rings. The largest absolute Gasteiger partial charge is 0.345 e. The van der Waals surface area contributed by atoms with E-state index in [9.17, 15) is 4.79 Å². The third-order valence-corrected chi connectivity index (χ3v) is 4.78. The number of carbonyl (C=O) groups is 1. The van der Waals surface area contributed by atoms with Gasteiger partial charge in [-0.3, -0.25) is 4.79 Å². The van der Waals surface area contributed by atoms with E-state index in [-0.39, 0.29) is 5.91 Å². The number of fused-ring (bicyclic) bond motifs is 2. The number of hydrogen-bond acceptors (Lipinski definition) is 3. The highest BCUT2D eigenvalue weighted by Gasteiger charge is 2.35. The first-order chi connectivity index (χ1) is 8.61. The predicted octanol–water partition coefficient (Wildman–Crippen LogP) is 1.07. The second-order valence-corrected chi connectivity index (χ2v) is 5.86. The smallest absolute Gasteiger partial charge is 0.236 e. The van der Waals surface area contributed by atoms with E-state index in [0.717, 1.165) is 18.6 Å². The lowest BCUT2D eigenvalue weighted by atomic mass is 9.82. The van der Waals surface area contributed by atoms with Crippen LogP contribution < -0.4 is 5.32 Å². The Morgan fingerprint density at radius 1 is 1.33 bits per heavy atom. The van der Waals surface area contributed by atoms with Crippen LogP contribution in [0, 0.1) is 0 Å². The van der Waals surface area contributed by atoms with Crippen LogP contribution in [0.5, 0.6) is 0 Å². The zero-order valence-electron chi connectivity index (χ0n) is 12.0. The summed E-state index contributed by atoms with van der Waals surface area (Å²) in [5.41, 5.74) is 0. The van der Waals surface area contributed by atoms with Gasteiger partial charge in [0.2, 0.25) is 5.91 Å². The van der Waals surface area contributed by atoms with Crippen molar-refractivity contribution in [3.05, 3.63) is 0 Å². The molecule has 0 aromatic carbocycles. The molecule has 2 heterocycles. The molecule has 1 amide bonds. The third-order valence-electron chi connectivity index (χ3n) is 4.78. The lowest BCUT2D eigenvalue weighted by Crippen LogP contribution is -2.55. The Balaban J connectivity index is 1.79. The molecule has 0 aliphatic carbocycles. The van der Waals surface area contributed by atoms with Crippen molar-refractivity contribution in [3.8, 4) is 0 Å². The number of nitrogens with one attached hydrogen (secondary N) is 1. The van der Waals surface area contributed by atoms with Gasteiger partial charge in [0, 0.05) is 31.7 Å². The number of hydrogen-bond donors (Lipinski definition) is 1. The fourth-order valence-corrected chi connectivity index (χ4v) is 3.33. The summed E-state index contributed by atoms with van der Waals surface area (Å²) in [6, 6.07) is 1.99. The zero-order chi connectivity index (χ0) is 13.1. The Bertz CT molecular complexity index is 281. The van der Waals surface area contributed by atoms with Crippen LogP contribution in [0.15, 0.2) is 0 Å². The van der Waals surface area contributed by atoms with Crippen LogP contribution in [-0.4, -0.2) is 61.0 Å². The molecule has 4 nitrogen and oxygen atoms in total. The van der Waals surface area contributed by atoms with Crippen LogP contribution in [0.4, 0.5) is 0 Å². The molecule has 2 saturated heterocycles. The lowest BCUT2D eigenvalue weighted by molar-refractivity contribution is -0.129. The monoisotopic (exact) mass is 253 g/mol. The molecule has 0 aromatic heterocycles. The Labute approximate surface area is 111 Å². The summed E-state index contributed by atoms with van der Waals surface area (Å²) in [5.74, 6) is 0.210. The Morgan fingerprint density at radius 2 is 1.94 bits per heavy atom. The van der Waals surface area contributed by atoms with Crippen molar-refractivity contribution in [2.45, 2.75) is 57.2 Å². The number of likely N-dealkylation sites (N-methyl/N-ethyl adjacent to an activating group) is 1. The van der Waals surface area contributed by atoms with E-state index in [1.807, 2.05) is 14.0 Å². The second kappa shape index (κ2) is 6.02. The van der Waals surface area contributed by atoms with Gasteiger partial charge in [-0.05, 0) is 39.7 Å². The van der Waals surface area contributed by atoms with Crippen molar-refractivity contribution in [2.24, 2.45) is 0 Å². The lowest BCUT2D eigenvalue weighted by Gasteiger charge is -2.47. The predicted molar refractivity (Wildman–Crippen MR) is 73.5 cm³/mol. The molecule has 2 bridgehead atoms. The van der Waals surface area contributed by atoms with Gasteiger partial charge in [0.05, 0.1) is 6.54 Å². The molecule has 0 radical (unpaired) electrons. The van der Waals surface area contributed by atoms with Gasteiger partial charge in [0.25, 0.3) is 0 Å². The van der Waals surface area contributed by atoms with E-state index in [2.05, 4.69) is 17.3 Å². The molecule has 2 unspecified atom stereocenters. The highest BCUT2D eigenvalue weighted by Crippen LogP contribution is 2.32. The van der Waals surface area contributed by atoms with Gasteiger partial charge in [-0.25, -0.2) is 0 Å². The molecule has 2 rings (SSSR count). The molecular formula is C14H27N3O. The van der Waals surface area contributed by atoms with E-state index in [4.69, 9.17) is 0 Å². The summed E-state index contributed by atoms with van der Waals surface area (Å²) < 4.78 is 0. The second-order valence-electron chi connectivity index (χ2n) is 5.86. The molecule has 18 heavy (non-hydrogen) atoms. The number of nitrogens with zero attached hydrogens (tertiary/aromatic N) is 2. The SMILES string of the molecule is CCN(C)C(=O)CNC1CC2CCCC(C1)N2C. The van der Waals surface area contributed by atoms with E-state index >= 15 is 0 Å². The minimum Gasteiger partial charge on any atom is -0.345 e. The van der Waals surface area contributed by atoms with Gasteiger partial charge in [-0.1, -0.05) is 6.42 Å². The Hall–Kier alpha value is -0.610. The first kappa shape index (κ1) is 13.8. The Morgan fingerprint density at radius 3 is 2.50 bits per heavy atom. The van der Waals surface area contributed by atoms with Crippen LogP contribution in [0.2, 0.25) is 0 Å². The highest BCUT2D eigenvalue weighted by molar-refractivity contribution is 5.77. The van der Waals surface area contributed by atoms with Gasteiger partial charge >= 0.3 is 0 Å². The topological polar surface area (TPSA) is 35.6 Å². The number of rotatable bonds is 4. The maximum Gasteiger partial charge on any atom is 0.236 e. The number of amides is 1. The quantitative estimate of drug-likeness (QED) is 0.814. The van der Waals surface area contributed by atoms with Crippen molar-refractivity contribution in [1.82, 2.24) is 15.1 Å². The van der Waals surface area contributed by atoms with Gasteiger partial charge < -0.3 is 15.1 Å². The third kappa shape index (κ3) is 3.04. The minimum atomic E-state index is 0.210. The van der Waals surface area contributed by atoms with Crippen molar-refractivity contribution in [3.63, 3.8) is 0 Å². The summed E-state index contributed by atoms with van der Waals surface area (Å²) in [6.07, 6.45) is 6.44. The molecule has 4 heteroatoms. The highest BCUT2D eigenvalue weighted by atomic mass is 16.2. The summed E-state index contributed by atoms with van der Waals surface area (Å²) in [4.78, 5) is 16.1. The van der Waals surface area contributed by atoms with Crippen molar-refractivity contribution in [2.75, 3.05) is 27.2 Å². The van der Waals surface area contributed by atoms with Gasteiger partial charge in [-0.2, -0.15) is 0 Å². The molecule has 0 spiro atoms. The molecule has 104 valence electrons. The standard InChI is InChI=1S/C14H27N3O/c1-4-16(2)14(18)10-15-11-8-12-6-5-7-13(9-11)17(12)3/h11-13,15H,4-10H2,1-3H3. The normalized spacial score (nSPS) is 32.3. The van der Waals surface area contributed by atoms with E-state index in [1.54, 1.807) is 4.90 Å². The average molecular weight is 253 g/mol. The van der Waals surface area contributed by atoms with Crippen LogP contribution >= 0.6 is 0 Å². The summed E-state index contributed by atoms with van der Waals surface area (Å²) in [7, 11) is 4.13. The van der Waals surface area contributed by atoms with Crippen molar-refractivity contribution < 1.29 is 4.79 Å².